The summed E-state index contributed by atoms with van der Waals surface area (Å²) in [5.41, 5.74) is 10.4. The SMILES string of the molecule is Cc1cccc2c1NC1CCCCC1C2N. The van der Waals surface area contributed by atoms with E-state index in [0.29, 0.717) is 12.0 Å². The Hall–Kier alpha value is -1.02. The number of hydrogen-bond donors (Lipinski definition) is 2. The van der Waals surface area contributed by atoms with Gasteiger partial charge in [0.1, 0.15) is 0 Å². The minimum atomic E-state index is 0.237. The van der Waals surface area contributed by atoms with E-state index in [1.54, 1.807) is 0 Å². The van der Waals surface area contributed by atoms with Gasteiger partial charge in [-0.1, -0.05) is 31.0 Å². The molecule has 1 aromatic rings. The van der Waals surface area contributed by atoms with Gasteiger partial charge in [0.2, 0.25) is 0 Å². The summed E-state index contributed by atoms with van der Waals surface area (Å²) >= 11 is 0. The quantitative estimate of drug-likeness (QED) is 0.699. The molecule has 1 aliphatic heterocycles. The summed E-state index contributed by atoms with van der Waals surface area (Å²) in [4.78, 5) is 0. The molecule has 1 fully saturated rings. The zero-order valence-corrected chi connectivity index (χ0v) is 9.87. The van der Waals surface area contributed by atoms with Crippen LogP contribution in [0.3, 0.4) is 0 Å². The van der Waals surface area contributed by atoms with Crippen LogP contribution in [0, 0.1) is 12.8 Å². The van der Waals surface area contributed by atoms with E-state index in [0.717, 1.165) is 0 Å². The molecule has 0 bridgehead atoms. The zero-order chi connectivity index (χ0) is 11.1. The number of anilines is 1. The highest BCUT2D eigenvalue weighted by Gasteiger charge is 2.36. The van der Waals surface area contributed by atoms with Crippen LogP contribution >= 0.6 is 0 Å². The molecule has 1 heterocycles. The number of fused-ring (bicyclic) bond motifs is 2. The molecular formula is C14H20N2. The molecule has 0 amide bonds. The Bertz CT molecular complexity index is 400. The van der Waals surface area contributed by atoms with Crippen molar-refractivity contribution < 1.29 is 0 Å². The molecule has 0 radical (unpaired) electrons. The van der Waals surface area contributed by atoms with E-state index in [1.807, 2.05) is 0 Å². The van der Waals surface area contributed by atoms with Gasteiger partial charge in [0, 0.05) is 17.8 Å². The van der Waals surface area contributed by atoms with Crippen LogP contribution in [-0.4, -0.2) is 6.04 Å². The molecule has 2 aliphatic rings. The van der Waals surface area contributed by atoms with E-state index in [1.165, 1.54) is 42.5 Å². The predicted molar refractivity (Wildman–Crippen MR) is 67.5 cm³/mol. The first kappa shape index (κ1) is 10.2. The van der Waals surface area contributed by atoms with Crippen LogP contribution < -0.4 is 11.1 Å². The number of para-hydroxylation sites is 1. The van der Waals surface area contributed by atoms with Gasteiger partial charge in [0.25, 0.3) is 0 Å². The van der Waals surface area contributed by atoms with Gasteiger partial charge < -0.3 is 11.1 Å². The van der Waals surface area contributed by atoms with Crippen molar-refractivity contribution in [2.24, 2.45) is 11.7 Å². The van der Waals surface area contributed by atoms with Crippen molar-refractivity contribution >= 4 is 5.69 Å². The van der Waals surface area contributed by atoms with Crippen LogP contribution in [0.15, 0.2) is 18.2 Å². The highest BCUT2D eigenvalue weighted by atomic mass is 15.0. The number of aryl methyl sites for hydroxylation is 1. The van der Waals surface area contributed by atoms with E-state index in [4.69, 9.17) is 5.73 Å². The molecule has 1 saturated carbocycles. The van der Waals surface area contributed by atoms with Crippen molar-refractivity contribution in [3.05, 3.63) is 29.3 Å². The second-order valence-electron chi connectivity index (χ2n) is 5.26. The number of nitrogens with two attached hydrogens (primary N) is 1. The molecule has 3 unspecified atom stereocenters. The Kier molecular flexibility index (Phi) is 2.40. The molecule has 2 heteroatoms. The van der Waals surface area contributed by atoms with Crippen LogP contribution in [-0.2, 0) is 0 Å². The van der Waals surface area contributed by atoms with Gasteiger partial charge in [-0.05, 0) is 36.8 Å². The van der Waals surface area contributed by atoms with E-state index >= 15 is 0 Å². The summed E-state index contributed by atoms with van der Waals surface area (Å²) in [5, 5.41) is 3.72. The molecule has 16 heavy (non-hydrogen) atoms. The lowest BCUT2D eigenvalue weighted by atomic mass is 9.74. The molecule has 3 atom stereocenters. The van der Waals surface area contributed by atoms with Gasteiger partial charge in [-0.15, -0.1) is 0 Å². The molecule has 1 aromatic carbocycles. The number of benzene rings is 1. The molecule has 2 nitrogen and oxygen atoms in total. The average molecular weight is 216 g/mol. The summed E-state index contributed by atoms with van der Waals surface area (Å²) in [5.74, 6) is 0.642. The summed E-state index contributed by atoms with van der Waals surface area (Å²) in [7, 11) is 0. The Balaban J connectivity index is 2.03. The highest BCUT2D eigenvalue weighted by molar-refractivity contribution is 5.61. The maximum atomic E-state index is 6.43. The third-order valence-corrected chi connectivity index (χ3v) is 4.27. The average Bonchev–Trinajstić information content (AvgIpc) is 2.31. The Labute approximate surface area is 97.2 Å². The predicted octanol–water partition coefficient (Wildman–Crippen LogP) is 2.98. The maximum absolute atomic E-state index is 6.43. The van der Waals surface area contributed by atoms with Gasteiger partial charge in [0.15, 0.2) is 0 Å². The van der Waals surface area contributed by atoms with Crippen molar-refractivity contribution in [1.29, 1.82) is 0 Å². The molecule has 3 rings (SSSR count). The third-order valence-electron chi connectivity index (χ3n) is 4.27. The summed E-state index contributed by atoms with van der Waals surface area (Å²) < 4.78 is 0. The largest absolute Gasteiger partial charge is 0.381 e. The van der Waals surface area contributed by atoms with Gasteiger partial charge in [-0.25, -0.2) is 0 Å². The minimum Gasteiger partial charge on any atom is -0.381 e. The van der Waals surface area contributed by atoms with E-state index in [2.05, 4.69) is 30.4 Å². The Morgan fingerprint density at radius 2 is 2.06 bits per heavy atom. The summed E-state index contributed by atoms with van der Waals surface area (Å²) in [6.07, 6.45) is 5.26. The van der Waals surface area contributed by atoms with Crippen LogP contribution in [0.5, 0.6) is 0 Å². The van der Waals surface area contributed by atoms with Crippen molar-refractivity contribution in [2.75, 3.05) is 5.32 Å². The fourth-order valence-electron chi connectivity index (χ4n) is 3.35. The lowest BCUT2D eigenvalue weighted by Gasteiger charge is -2.42. The number of rotatable bonds is 0. The van der Waals surface area contributed by atoms with Crippen LogP contribution in [0.25, 0.3) is 0 Å². The zero-order valence-electron chi connectivity index (χ0n) is 9.87. The molecule has 86 valence electrons. The maximum Gasteiger partial charge on any atom is 0.0420 e. The van der Waals surface area contributed by atoms with E-state index < -0.39 is 0 Å². The van der Waals surface area contributed by atoms with E-state index in [9.17, 15) is 0 Å². The number of nitrogens with one attached hydrogen (secondary N) is 1. The topological polar surface area (TPSA) is 38.0 Å². The third kappa shape index (κ3) is 1.44. The number of hydrogen-bond acceptors (Lipinski definition) is 2. The smallest absolute Gasteiger partial charge is 0.0420 e. The first-order valence-corrected chi connectivity index (χ1v) is 6.39. The minimum absolute atomic E-state index is 0.237. The van der Waals surface area contributed by atoms with Gasteiger partial charge in [0.05, 0.1) is 0 Å². The van der Waals surface area contributed by atoms with Gasteiger partial charge >= 0.3 is 0 Å². The lowest BCUT2D eigenvalue weighted by molar-refractivity contribution is 0.271. The Morgan fingerprint density at radius 3 is 2.94 bits per heavy atom. The Morgan fingerprint density at radius 1 is 1.25 bits per heavy atom. The molecule has 1 aliphatic carbocycles. The fourth-order valence-corrected chi connectivity index (χ4v) is 3.35. The van der Waals surface area contributed by atoms with Crippen molar-refractivity contribution in [3.8, 4) is 0 Å². The van der Waals surface area contributed by atoms with Crippen molar-refractivity contribution in [2.45, 2.75) is 44.7 Å². The normalized spacial score (nSPS) is 32.5. The first-order chi connectivity index (χ1) is 7.77. The first-order valence-electron chi connectivity index (χ1n) is 6.39. The molecular weight excluding hydrogens is 196 g/mol. The molecule has 0 spiro atoms. The summed E-state index contributed by atoms with van der Waals surface area (Å²) in [6, 6.07) is 7.32. The van der Waals surface area contributed by atoms with Gasteiger partial charge in [-0.3, -0.25) is 0 Å². The summed E-state index contributed by atoms with van der Waals surface area (Å²) in [6.45, 7) is 2.17. The van der Waals surface area contributed by atoms with Crippen LogP contribution in [0.1, 0.15) is 42.9 Å². The standard InChI is InChI=1S/C14H20N2/c1-9-5-4-7-11-13(15)10-6-2-3-8-12(10)16-14(9)11/h4-5,7,10,12-13,16H,2-3,6,8,15H2,1H3. The molecule has 3 N–H and O–H groups in total. The second-order valence-corrected chi connectivity index (χ2v) is 5.26. The monoisotopic (exact) mass is 216 g/mol. The highest BCUT2D eigenvalue weighted by Crippen LogP contribution is 2.42. The molecule has 0 aromatic heterocycles. The van der Waals surface area contributed by atoms with E-state index in [-0.39, 0.29) is 6.04 Å². The van der Waals surface area contributed by atoms with Crippen LogP contribution in [0.2, 0.25) is 0 Å². The van der Waals surface area contributed by atoms with Gasteiger partial charge in [-0.2, -0.15) is 0 Å². The van der Waals surface area contributed by atoms with Crippen LogP contribution in [0.4, 0.5) is 5.69 Å². The molecule has 0 saturated heterocycles. The second kappa shape index (κ2) is 3.77. The lowest BCUT2D eigenvalue weighted by Crippen LogP contribution is -2.43. The van der Waals surface area contributed by atoms with Crippen molar-refractivity contribution in [3.63, 3.8) is 0 Å². The van der Waals surface area contributed by atoms with Crippen molar-refractivity contribution in [1.82, 2.24) is 0 Å². The fraction of sp³-hybridized carbons (Fsp3) is 0.571.